The standard InChI is InChI=1S/C15H14N4O3S/c1-19-8-7-17-15(19)23-9-10-4-5-12(22-10)14(21)18-13-11(20)3-2-6-16-13/h2-8,20H,9H2,1H3,(H,16,18,21). The van der Waals surface area contributed by atoms with E-state index in [-0.39, 0.29) is 17.3 Å². The first-order valence-corrected chi connectivity index (χ1v) is 7.76. The highest BCUT2D eigenvalue weighted by Crippen LogP contribution is 2.23. The van der Waals surface area contributed by atoms with Gasteiger partial charge < -0.3 is 19.4 Å². The molecule has 3 aromatic heterocycles. The first-order valence-electron chi connectivity index (χ1n) is 6.77. The smallest absolute Gasteiger partial charge is 0.292 e. The molecule has 23 heavy (non-hydrogen) atoms. The number of thioether (sulfide) groups is 1. The molecular formula is C15H14N4O3S. The summed E-state index contributed by atoms with van der Waals surface area (Å²) in [4.78, 5) is 20.2. The van der Waals surface area contributed by atoms with Crippen molar-refractivity contribution in [1.29, 1.82) is 0 Å². The van der Waals surface area contributed by atoms with E-state index in [1.807, 2.05) is 17.8 Å². The first kappa shape index (κ1) is 15.2. The monoisotopic (exact) mass is 330 g/mol. The molecule has 0 aliphatic rings. The lowest BCUT2D eigenvalue weighted by Gasteiger charge is -2.03. The van der Waals surface area contributed by atoms with Crippen LogP contribution in [0.2, 0.25) is 0 Å². The molecule has 1 amide bonds. The molecule has 0 aliphatic carbocycles. The Morgan fingerprint density at radius 1 is 1.35 bits per heavy atom. The molecule has 8 heteroatoms. The van der Waals surface area contributed by atoms with Crippen LogP contribution in [-0.2, 0) is 12.8 Å². The lowest BCUT2D eigenvalue weighted by Crippen LogP contribution is -2.12. The topological polar surface area (TPSA) is 93.2 Å². The van der Waals surface area contributed by atoms with E-state index in [0.717, 1.165) is 5.16 Å². The summed E-state index contributed by atoms with van der Waals surface area (Å²) in [5.41, 5.74) is 0. The van der Waals surface area contributed by atoms with Gasteiger partial charge in [-0.25, -0.2) is 9.97 Å². The quantitative estimate of drug-likeness (QED) is 0.699. The molecule has 0 unspecified atom stereocenters. The number of rotatable bonds is 5. The van der Waals surface area contributed by atoms with Crippen molar-refractivity contribution >= 4 is 23.5 Å². The molecule has 0 saturated carbocycles. The van der Waals surface area contributed by atoms with Crippen molar-refractivity contribution in [2.45, 2.75) is 10.9 Å². The molecule has 0 saturated heterocycles. The minimum Gasteiger partial charge on any atom is -0.504 e. The predicted octanol–water partition coefficient (Wildman–Crippen LogP) is 2.66. The molecule has 0 atom stereocenters. The Morgan fingerprint density at radius 2 is 2.22 bits per heavy atom. The highest BCUT2D eigenvalue weighted by Gasteiger charge is 2.14. The fraction of sp³-hybridized carbons (Fsp3) is 0.133. The van der Waals surface area contributed by atoms with Gasteiger partial charge in [0, 0.05) is 25.6 Å². The van der Waals surface area contributed by atoms with Gasteiger partial charge in [0.1, 0.15) is 5.76 Å². The van der Waals surface area contributed by atoms with Gasteiger partial charge in [-0.15, -0.1) is 0 Å². The van der Waals surface area contributed by atoms with Crippen LogP contribution in [0.1, 0.15) is 16.3 Å². The number of amides is 1. The maximum atomic E-state index is 12.1. The van der Waals surface area contributed by atoms with Gasteiger partial charge in [0.05, 0.1) is 5.75 Å². The third-order valence-corrected chi connectivity index (χ3v) is 4.10. The molecule has 0 spiro atoms. The molecule has 118 valence electrons. The molecule has 0 radical (unpaired) electrons. The number of pyridine rings is 1. The average molecular weight is 330 g/mol. The van der Waals surface area contributed by atoms with Crippen molar-refractivity contribution in [3.63, 3.8) is 0 Å². The van der Waals surface area contributed by atoms with E-state index < -0.39 is 5.91 Å². The van der Waals surface area contributed by atoms with E-state index in [9.17, 15) is 9.90 Å². The van der Waals surface area contributed by atoms with Crippen molar-refractivity contribution in [3.05, 3.63) is 54.4 Å². The number of anilines is 1. The van der Waals surface area contributed by atoms with Crippen LogP contribution in [0.5, 0.6) is 5.75 Å². The summed E-state index contributed by atoms with van der Waals surface area (Å²) < 4.78 is 7.42. The molecule has 0 bridgehead atoms. The zero-order valence-electron chi connectivity index (χ0n) is 12.3. The summed E-state index contributed by atoms with van der Waals surface area (Å²) in [5, 5.41) is 13.0. The lowest BCUT2D eigenvalue weighted by molar-refractivity contribution is 0.0994. The molecule has 0 aromatic carbocycles. The number of nitrogens with one attached hydrogen (secondary N) is 1. The van der Waals surface area contributed by atoms with E-state index >= 15 is 0 Å². The SMILES string of the molecule is Cn1ccnc1SCc1ccc(C(=O)Nc2ncccc2O)o1. The number of carbonyl (C=O) groups is 1. The van der Waals surface area contributed by atoms with E-state index in [2.05, 4.69) is 15.3 Å². The van der Waals surface area contributed by atoms with Gasteiger partial charge in [-0.2, -0.15) is 0 Å². The summed E-state index contributed by atoms with van der Waals surface area (Å²) in [6, 6.07) is 6.34. The Hall–Kier alpha value is -2.74. The van der Waals surface area contributed by atoms with Gasteiger partial charge in [0.2, 0.25) is 0 Å². The largest absolute Gasteiger partial charge is 0.504 e. The summed E-state index contributed by atoms with van der Waals surface area (Å²) in [7, 11) is 1.91. The van der Waals surface area contributed by atoms with E-state index in [0.29, 0.717) is 11.5 Å². The number of aromatic nitrogens is 3. The van der Waals surface area contributed by atoms with E-state index in [4.69, 9.17) is 4.42 Å². The molecule has 3 heterocycles. The Balaban J connectivity index is 1.63. The number of nitrogens with zero attached hydrogens (tertiary/aromatic N) is 3. The van der Waals surface area contributed by atoms with Crippen molar-refractivity contribution in [3.8, 4) is 5.75 Å². The maximum Gasteiger partial charge on any atom is 0.292 e. The second kappa shape index (κ2) is 6.57. The molecule has 0 aliphatic heterocycles. The number of furan rings is 1. The highest BCUT2D eigenvalue weighted by molar-refractivity contribution is 7.98. The number of aromatic hydroxyl groups is 1. The van der Waals surface area contributed by atoms with Gasteiger partial charge in [-0.05, 0) is 24.3 Å². The first-order chi connectivity index (χ1) is 11.1. The summed E-state index contributed by atoms with van der Waals surface area (Å²) in [6.45, 7) is 0. The van der Waals surface area contributed by atoms with Crippen molar-refractivity contribution < 1.29 is 14.3 Å². The van der Waals surface area contributed by atoms with Crippen LogP contribution in [0.4, 0.5) is 5.82 Å². The van der Waals surface area contributed by atoms with Crippen LogP contribution < -0.4 is 5.32 Å². The van der Waals surface area contributed by atoms with Gasteiger partial charge in [0.25, 0.3) is 5.91 Å². The molecule has 3 rings (SSSR count). The van der Waals surface area contributed by atoms with Crippen LogP contribution in [-0.4, -0.2) is 25.5 Å². The normalized spacial score (nSPS) is 10.7. The minimum absolute atomic E-state index is 0.0952. The second-order valence-electron chi connectivity index (χ2n) is 4.70. The molecular weight excluding hydrogens is 316 g/mol. The zero-order chi connectivity index (χ0) is 16.2. The van der Waals surface area contributed by atoms with Gasteiger partial charge in [0.15, 0.2) is 22.5 Å². The van der Waals surface area contributed by atoms with Gasteiger partial charge in [-0.1, -0.05) is 11.8 Å². The van der Waals surface area contributed by atoms with Crippen LogP contribution in [0.15, 0.2) is 52.4 Å². The highest BCUT2D eigenvalue weighted by atomic mass is 32.2. The van der Waals surface area contributed by atoms with Gasteiger partial charge in [-0.3, -0.25) is 4.79 Å². The third kappa shape index (κ3) is 3.54. The van der Waals surface area contributed by atoms with Crippen molar-refractivity contribution in [2.75, 3.05) is 5.32 Å². The molecule has 7 nitrogen and oxygen atoms in total. The van der Waals surface area contributed by atoms with E-state index in [1.165, 1.54) is 24.0 Å². The summed E-state index contributed by atoms with van der Waals surface area (Å²) >= 11 is 1.51. The summed E-state index contributed by atoms with van der Waals surface area (Å²) in [5.74, 6) is 0.911. The van der Waals surface area contributed by atoms with Crippen LogP contribution >= 0.6 is 11.8 Å². The minimum atomic E-state index is -0.466. The van der Waals surface area contributed by atoms with Crippen molar-refractivity contribution in [2.24, 2.45) is 7.05 Å². The van der Waals surface area contributed by atoms with Crippen molar-refractivity contribution in [1.82, 2.24) is 14.5 Å². The number of carbonyl (C=O) groups excluding carboxylic acids is 1. The van der Waals surface area contributed by atoms with Gasteiger partial charge >= 0.3 is 0 Å². The second-order valence-corrected chi connectivity index (χ2v) is 5.64. The Morgan fingerprint density at radius 3 is 2.96 bits per heavy atom. The van der Waals surface area contributed by atoms with Crippen LogP contribution in [0.3, 0.4) is 0 Å². The molecule has 2 N–H and O–H groups in total. The maximum absolute atomic E-state index is 12.1. The summed E-state index contributed by atoms with van der Waals surface area (Å²) in [6.07, 6.45) is 5.07. The fourth-order valence-electron chi connectivity index (χ4n) is 1.87. The number of imidazole rings is 1. The van der Waals surface area contributed by atoms with E-state index in [1.54, 1.807) is 24.4 Å². The zero-order valence-corrected chi connectivity index (χ0v) is 13.1. The number of hydrogen-bond acceptors (Lipinski definition) is 6. The number of aryl methyl sites for hydroxylation is 1. The molecule has 3 aromatic rings. The van der Waals surface area contributed by atoms with Crippen LogP contribution in [0.25, 0.3) is 0 Å². The van der Waals surface area contributed by atoms with Crippen LogP contribution in [0, 0.1) is 0 Å². The fourth-order valence-corrected chi connectivity index (χ4v) is 2.69. The predicted molar refractivity (Wildman–Crippen MR) is 85.3 cm³/mol. The Kier molecular flexibility index (Phi) is 4.33. The molecule has 0 fully saturated rings. The Labute approximate surface area is 136 Å². The third-order valence-electron chi connectivity index (χ3n) is 3.02. The Bertz CT molecular complexity index is 828. The lowest BCUT2D eigenvalue weighted by atomic mass is 10.4. The average Bonchev–Trinajstić information content (AvgIpc) is 3.16. The number of hydrogen-bond donors (Lipinski definition) is 2.